The maximum Gasteiger partial charge on any atom is 0.0813 e. The summed E-state index contributed by atoms with van der Waals surface area (Å²) >= 11 is 0. The second-order valence-corrected chi connectivity index (χ2v) is 4.80. The van der Waals surface area contributed by atoms with Crippen molar-refractivity contribution >= 4 is 0 Å². The van der Waals surface area contributed by atoms with Crippen LogP contribution in [0.2, 0.25) is 0 Å². The highest BCUT2D eigenvalue weighted by Gasteiger charge is 2.23. The lowest BCUT2D eigenvalue weighted by Crippen LogP contribution is -2.22. The van der Waals surface area contributed by atoms with Gasteiger partial charge in [0.1, 0.15) is 0 Å². The Hall–Kier alpha value is -0.120. The smallest absolute Gasteiger partial charge is 0.0813 e. The van der Waals surface area contributed by atoms with E-state index in [1.165, 1.54) is 6.42 Å². The van der Waals surface area contributed by atoms with Gasteiger partial charge in [-0.1, -0.05) is 13.8 Å². The first-order valence-corrected chi connectivity index (χ1v) is 6.15. The second-order valence-electron chi connectivity index (χ2n) is 4.80. The van der Waals surface area contributed by atoms with E-state index >= 15 is 0 Å². The van der Waals surface area contributed by atoms with E-state index in [2.05, 4.69) is 13.8 Å². The van der Waals surface area contributed by atoms with Gasteiger partial charge in [-0.05, 0) is 31.6 Å². The lowest BCUT2D eigenvalue weighted by molar-refractivity contribution is -0.0129. The zero-order chi connectivity index (χ0) is 11.1. The Morgan fingerprint density at radius 2 is 2.07 bits per heavy atom. The van der Waals surface area contributed by atoms with E-state index in [9.17, 15) is 0 Å². The molecule has 0 radical (unpaired) electrons. The van der Waals surface area contributed by atoms with Crippen molar-refractivity contribution < 1.29 is 9.47 Å². The summed E-state index contributed by atoms with van der Waals surface area (Å²) in [6, 6.07) is 0. The van der Waals surface area contributed by atoms with E-state index < -0.39 is 0 Å². The molecule has 1 saturated heterocycles. The van der Waals surface area contributed by atoms with E-state index in [1.54, 1.807) is 0 Å². The Labute approximate surface area is 93.3 Å². The minimum absolute atomic E-state index is 0.272. The van der Waals surface area contributed by atoms with E-state index in [0.29, 0.717) is 6.54 Å². The highest BCUT2D eigenvalue weighted by atomic mass is 16.5. The van der Waals surface area contributed by atoms with Gasteiger partial charge in [-0.2, -0.15) is 0 Å². The molecule has 1 heterocycles. The molecule has 1 aliphatic rings. The van der Waals surface area contributed by atoms with Crippen LogP contribution in [0, 0.1) is 5.92 Å². The number of ether oxygens (including phenoxy) is 2. The number of rotatable bonds is 7. The molecular formula is C12H25NO2. The van der Waals surface area contributed by atoms with Crippen LogP contribution in [0.15, 0.2) is 0 Å². The SMILES string of the molecule is CC(C)CCCOCC1CCC(CN)O1. The monoisotopic (exact) mass is 215 g/mol. The molecule has 1 aliphatic heterocycles. The minimum atomic E-state index is 0.272. The zero-order valence-corrected chi connectivity index (χ0v) is 10.1. The molecule has 0 aromatic rings. The normalized spacial score (nSPS) is 26.4. The number of hydrogen-bond acceptors (Lipinski definition) is 3. The van der Waals surface area contributed by atoms with Crippen LogP contribution in [0.3, 0.4) is 0 Å². The first-order valence-electron chi connectivity index (χ1n) is 6.15. The summed E-state index contributed by atoms with van der Waals surface area (Å²) in [7, 11) is 0. The molecule has 0 saturated carbocycles. The fourth-order valence-electron chi connectivity index (χ4n) is 1.88. The molecule has 15 heavy (non-hydrogen) atoms. The Balaban J connectivity index is 1.92. The van der Waals surface area contributed by atoms with Crippen molar-refractivity contribution in [1.82, 2.24) is 0 Å². The van der Waals surface area contributed by atoms with Gasteiger partial charge in [0.2, 0.25) is 0 Å². The van der Waals surface area contributed by atoms with Crippen LogP contribution >= 0.6 is 0 Å². The van der Waals surface area contributed by atoms with Crippen molar-refractivity contribution in [3.63, 3.8) is 0 Å². The van der Waals surface area contributed by atoms with E-state index in [1.807, 2.05) is 0 Å². The molecule has 0 spiro atoms. The summed E-state index contributed by atoms with van der Waals surface area (Å²) in [4.78, 5) is 0. The van der Waals surface area contributed by atoms with Gasteiger partial charge in [0.25, 0.3) is 0 Å². The van der Waals surface area contributed by atoms with Gasteiger partial charge in [0.05, 0.1) is 18.8 Å². The largest absolute Gasteiger partial charge is 0.379 e. The molecule has 0 amide bonds. The minimum Gasteiger partial charge on any atom is -0.379 e. The van der Waals surface area contributed by atoms with E-state index in [4.69, 9.17) is 15.2 Å². The summed E-state index contributed by atoms with van der Waals surface area (Å²) in [5, 5.41) is 0. The van der Waals surface area contributed by atoms with Gasteiger partial charge >= 0.3 is 0 Å². The van der Waals surface area contributed by atoms with Crippen LogP contribution in [0.25, 0.3) is 0 Å². The van der Waals surface area contributed by atoms with Gasteiger partial charge < -0.3 is 15.2 Å². The highest BCUT2D eigenvalue weighted by Crippen LogP contribution is 2.19. The third-order valence-corrected chi connectivity index (χ3v) is 2.83. The Kier molecular flexibility index (Phi) is 6.22. The number of hydrogen-bond donors (Lipinski definition) is 1. The van der Waals surface area contributed by atoms with Crippen LogP contribution in [0.5, 0.6) is 0 Å². The quantitative estimate of drug-likeness (QED) is 0.660. The second kappa shape index (κ2) is 7.20. The van der Waals surface area contributed by atoms with E-state index in [0.717, 1.165) is 38.4 Å². The Morgan fingerprint density at radius 1 is 1.33 bits per heavy atom. The fourth-order valence-corrected chi connectivity index (χ4v) is 1.88. The highest BCUT2D eigenvalue weighted by molar-refractivity contribution is 4.73. The summed E-state index contributed by atoms with van der Waals surface area (Å²) < 4.78 is 11.3. The van der Waals surface area contributed by atoms with Crippen LogP contribution in [-0.2, 0) is 9.47 Å². The molecule has 2 N–H and O–H groups in total. The topological polar surface area (TPSA) is 44.5 Å². The molecule has 0 bridgehead atoms. The Bertz CT molecular complexity index is 162. The van der Waals surface area contributed by atoms with Gasteiger partial charge in [-0.25, -0.2) is 0 Å². The number of nitrogens with two attached hydrogens (primary N) is 1. The van der Waals surface area contributed by atoms with Gasteiger partial charge in [0.15, 0.2) is 0 Å². The third kappa shape index (κ3) is 5.50. The molecule has 2 atom stereocenters. The predicted molar refractivity (Wildman–Crippen MR) is 61.8 cm³/mol. The third-order valence-electron chi connectivity index (χ3n) is 2.83. The van der Waals surface area contributed by atoms with Crippen molar-refractivity contribution in [1.29, 1.82) is 0 Å². The molecule has 90 valence electrons. The Morgan fingerprint density at radius 3 is 2.67 bits per heavy atom. The first kappa shape index (κ1) is 12.9. The first-order chi connectivity index (χ1) is 7.22. The molecule has 0 aromatic carbocycles. The van der Waals surface area contributed by atoms with Gasteiger partial charge in [-0.15, -0.1) is 0 Å². The summed E-state index contributed by atoms with van der Waals surface area (Å²) in [5.41, 5.74) is 5.54. The fraction of sp³-hybridized carbons (Fsp3) is 1.00. The average Bonchev–Trinajstić information content (AvgIpc) is 2.65. The predicted octanol–water partition coefficient (Wildman–Crippen LogP) is 1.95. The van der Waals surface area contributed by atoms with E-state index in [-0.39, 0.29) is 12.2 Å². The molecule has 3 nitrogen and oxygen atoms in total. The van der Waals surface area contributed by atoms with Crippen LogP contribution < -0.4 is 5.73 Å². The molecule has 0 aliphatic carbocycles. The standard InChI is InChI=1S/C12H25NO2/c1-10(2)4-3-7-14-9-12-6-5-11(8-13)15-12/h10-12H,3-9,13H2,1-2H3. The lowest BCUT2D eigenvalue weighted by atomic mass is 10.1. The maximum absolute atomic E-state index is 5.69. The average molecular weight is 215 g/mol. The van der Waals surface area contributed by atoms with Crippen molar-refractivity contribution in [2.75, 3.05) is 19.8 Å². The van der Waals surface area contributed by atoms with Gasteiger partial charge in [-0.3, -0.25) is 0 Å². The van der Waals surface area contributed by atoms with Crippen molar-refractivity contribution in [3.05, 3.63) is 0 Å². The lowest BCUT2D eigenvalue weighted by Gasteiger charge is -2.13. The molecule has 3 heteroatoms. The summed E-state index contributed by atoms with van der Waals surface area (Å²) in [6.07, 6.45) is 5.16. The molecule has 1 fully saturated rings. The van der Waals surface area contributed by atoms with Crippen LogP contribution in [0.4, 0.5) is 0 Å². The molecule has 1 rings (SSSR count). The van der Waals surface area contributed by atoms with Crippen LogP contribution in [0.1, 0.15) is 39.5 Å². The van der Waals surface area contributed by atoms with Crippen molar-refractivity contribution in [3.8, 4) is 0 Å². The van der Waals surface area contributed by atoms with Crippen molar-refractivity contribution in [2.45, 2.75) is 51.7 Å². The summed E-state index contributed by atoms with van der Waals surface area (Å²) in [5.74, 6) is 0.776. The van der Waals surface area contributed by atoms with Gasteiger partial charge in [0, 0.05) is 13.2 Å². The van der Waals surface area contributed by atoms with Crippen molar-refractivity contribution in [2.24, 2.45) is 11.7 Å². The van der Waals surface area contributed by atoms with Crippen LogP contribution in [-0.4, -0.2) is 32.0 Å². The molecular weight excluding hydrogens is 190 g/mol. The zero-order valence-electron chi connectivity index (χ0n) is 10.1. The molecule has 2 unspecified atom stereocenters. The molecule has 0 aromatic heterocycles. The summed E-state index contributed by atoms with van der Waals surface area (Å²) in [6.45, 7) is 6.74. The maximum atomic E-state index is 5.69.